The predicted octanol–water partition coefficient (Wildman–Crippen LogP) is 4.02. The second-order valence-corrected chi connectivity index (χ2v) is 8.90. The van der Waals surface area contributed by atoms with E-state index in [1.54, 1.807) is 29.2 Å². The molecule has 1 aromatic heterocycles. The molecule has 7 nitrogen and oxygen atoms in total. The number of halogens is 1. The molecule has 0 radical (unpaired) electrons. The maximum atomic E-state index is 13.5. The van der Waals surface area contributed by atoms with Crippen molar-refractivity contribution in [1.82, 2.24) is 9.88 Å². The maximum Gasteiger partial charge on any atom is 0.337 e. The van der Waals surface area contributed by atoms with Crippen molar-refractivity contribution in [3.05, 3.63) is 58.1 Å². The summed E-state index contributed by atoms with van der Waals surface area (Å²) in [4.78, 5) is 34.0. The lowest BCUT2D eigenvalue weighted by atomic mass is 10.1. The lowest BCUT2D eigenvalue weighted by Crippen LogP contribution is -2.43. The number of nitrogens with zero attached hydrogens (tertiary/aromatic N) is 3. The number of rotatable bonds is 6. The molecule has 9 heteroatoms. The molecular formula is C23H24ClN3O4S. The molecule has 0 aliphatic carbocycles. The first-order valence-electron chi connectivity index (χ1n) is 10.3. The van der Waals surface area contributed by atoms with Crippen molar-refractivity contribution in [2.45, 2.75) is 6.92 Å². The highest BCUT2D eigenvalue weighted by molar-refractivity contribution is 7.23. The van der Waals surface area contributed by atoms with Gasteiger partial charge in [0.1, 0.15) is 0 Å². The number of anilines is 1. The number of aromatic nitrogens is 1. The molecule has 1 fully saturated rings. The highest BCUT2D eigenvalue weighted by atomic mass is 35.5. The van der Waals surface area contributed by atoms with Crippen LogP contribution in [-0.2, 0) is 9.47 Å². The number of thiazole rings is 1. The van der Waals surface area contributed by atoms with Crippen LogP contribution < -0.4 is 4.90 Å². The second kappa shape index (κ2) is 9.95. The predicted molar refractivity (Wildman–Crippen MR) is 126 cm³/mol. The molecule has 2 aromatic carbocycles. The first-order valence-corrected chi connectivity index (χ1v) is 11.5. The fourth-order valence-corrected chi connectivity index (χ4v) is 4.92. The van der Waals surface area contributed by atoms with E-state index < -0.39 is 5.97 Å². The lowest BCUT2D eigenvalue weighted by molar-refractivity contribution is 0.0391. The first-order chi connectivity index (χ1) is 15.5. The Morgan fingerprint density at radius 2 is 1.84 bits per heavy atom. The summed E-state index contributed by atoms with van der Waals surface area (Å²) in [7, 11) is 1.33. The standard InChI is InChI=1S/C23H24ClN3O4S/c1-15-3-8-18(24)20-19(15)25-23(32-20)27(10-9-26-11-13-31-14-12-26)21(28)16-4-6-17(7-5-16)22(29)30-2/h3-8H,9-14H2,1-2H3. The van der Waals surface area contributed by atoms with Crippen molar-refractivity contribution in [2.24, 2.45) is 0 Å². The molecule has 0 unspecified atom stereocenters. The number of fused-ring (bicyclic) bond motifs is 1. The fourth-order valence-electron chi connectivity index (χ4n) is 3.58. The van der Waals surface area contributed by atoms with Gasteiger partial charge in [-0.1, -0.05) is 29.0 Å². The van der Waals surface area contributed by atoms with E-state index in [0.29, 0.717) is 47.6 Å². The Morgan fingerprint density at radius 1 is 1.16 bits per heavy atom. The van der Waals surface area contributed by atoms with E-state index in [9.17, 15) is 9.59 Å². The van der Waals surface area contributed by atoms with Crippen molar-refractivity contribution < 1.29 is 19.1 Å². The highest BCUT2D eigenvalue weighted by Crippen LogP contribution is 2.36. The number of methoxy groups -OCH3 is 1. The van der Waals surface area contributed by atoms with Gasteiger partial charge in [0, 0.05) is 31.7 Å². The number of ether oxygens (including phenoxy) is 2. The van der Waals surface area contributed by atoms with Gasteiger partial charge in [-0.05, 0) is 42.8 Å². The van der Waals surface area contributed by atoms with Crippen LogP contribution in [0.4, 0.5) is 5.13 Å². The summed E-state index contributed by atoms with van der Waals surface area (Å²) in [5, 5.41) is 1.23. The largest absolute Gasteiger partial charge is 0.465 e. The summed E-state index contributed by atoms with van der Waals surface area (Å²) in [6.45, 7) is 6.22. The molecule has 1 aliphatic heterocycles. The third kappa shape index (κ3) is 4.78. The highest BCUT2D eigenvalue weighted by Gasteiger charge is 2.24. The van der Waals surface area contributed by atoms with Gasteiger partial charge < -0.3 is 9.47 Å². The monoisotopic (exact) mass is 473 g/mol. The Labute approximate surface area is 195 Å². The molecule has 0 N–H and O–H groups in total. The summed E-state index contributed by atoms with van der Waals surface area (Å²) in [5.41, 5.74) is 2.69. The molecule has 0 atom stereocenters. The van der Waals surface area contributed by atoms with Gasteiger partial charge >= 0.3 is 5.97 Å². The molecule has 4 rings (SSSR count). The van der Waals surface area contributed by atoms with Crippen LogP contribution in [0.5, 0.6) is 0 Å². The van der Waals surface area contributed by atoms with Crippen LogP contribution in [0.1, 0.15) is 26.3 Å². The zero-order chi connectivity index (χ0) is 22.7. The van der Waals surface area contributed by atoms with E-state index in [0.717, 1.165) is 28.9 Å². The van der Waals surface area contributed by atoms with E-state index in [2.05, 4.69) is 4.90 Å². The topological polar surface area (TPSA) is 72.0 Å². The Hall–Kier alpha value is -2.52. The van der Waals surface area contributed by atoms with E-state index in [1.165, 1.54) is 18.4 Å². The Bertz CT molecular complexity index is 1090. The van der Waals surface area contributed by atoms with Gasteiger partial charge in [-0.25, -0.2) is 9.78 Å². The molecule has 3 aromatic rings. The number of benzene rings is 2. The van der Waals surface area contributed by atoms with Crippen LogP contribution in [0.25, 0.3) is 10.2 Å². The van der Waals surface area contributed by atoms with E-state index in [1.807, 2.05) is 19.1 Å². The van der Waals surface area contributed by atoms with E-state index in [-0.39, 0.29) is 5.91 Å². The Balaban J connectivity index is 1.65. The van der Waals surface area contributed by atoms with Crippen LogP contribution in [0, 0.1) is 6.92 Å². The second-order valence-electron chi connectivity index (χ2n) is 7.52. The number of carbonyl (C=O) groups excluding carboxylic acids is 2. The van der Waals surface area contributed by atoms with Crippen LogP contribution >= 0.6 is 22.9 Å². The quantitative estimate of drug-likeness (QED) is 0.503. The van der Waals surface area contributed by atoms with Gasteiger partial charge in [0.15, 0.2) is 5.13 Å². The molecule has 168 valence electrons. The third-order valence-electron chi connectivity index (χ3n) is 5.46. The van der Waals surface area contributed by atoms with Crippen LogP contribution in [0.15, 0.2) is 36.4 Å². The number of amides is 1. The van der Waals surface area contributed by atoms with Crippen molar-refractivity contribution in [3.63, 3.8) is 0 Å². The summed E-state index contributed by atoms with van der Waals surface area (Å²) >= 11 is 7.82. The van der Waals surface area contributed by atoms with Crippen LogP contribution in [-0.4, -0.2) is 68.3 Å². The van der Waals surface area contributed by atoms with Gasteiger partial charge in [-0.15, -0.1) is 0 Å². The van der Waals surface area contributed by atoms with Gasteiger partial charge in [0.2, 0.25) is 0 Å². The number of carbonyl (C=O) groups is 2. The molecule has 0 saturated carbocycles. The molecule has 1 amide bonds. The Morgan fingerprint density at radius 3 is 2.50 bits per heavy atom. The summed E-state index contributed by atoms with van der Waals surface area (Å²) < 4.78 is 11.0. The van der Waals surface area contributed by atoms with Crippen molar-refractivity contribution in [1.29, 1.82) is 0 Å². The number of hydrogen-bond acceptors (Lipinski definition) is 7. The molecule has 1 aliphatic rings. The minimum absolute atomic E-state index is 0.178. The summed E-state index contributed by atoms with van der Waals surface area (Å²) in [5.74, 6) is -0.619. The normalized spacial score (nSPS) is 14.5. The van der Waals surface area contributed by atoms with Crippen molar-refractivity contribution >= 4 is 50.2 Å². The van der Waals surface area contributed by atoms with E-state index in [4.69, 9.17) is 26.1 Å². The zero-order valence-electron chi connectivity index (χ0n) is 18.0. The molecular weight excluding hydrogens is 450 g/mol. The van der Waals surface area contributed by atoms with E-state index >= 15 is 0 Å². The minimum Gasteiger partial charge on any atom is -0.465 e. The molecule has 0 bridgehead atoms. The van der Waals surface area contributed by atoms with Crippen LogP contribution in [0.2, 0.25) is 5.02 Å². The van der Waals surface area contributed by atoms with Gasteiger partial charge in [-0.2, -0.15) is 0 Å². The van der Waals surface area contributed by atoms with Crippen molar-refractivity contribution in [3.8, 4) is 0 Å². The van der Waals surface area contributed by atoms with Gasteiger partial charge in [0.05, 0.1) is 41.1 Å². The zero-order valence-corrected chi connectivity index (χ0v) is 19.5. The fraction of sp³-hybridized carbons (Fsp3) is 0.348. The molecule has 0 spiro atoms. The average Bonchev–Trinajstić information content (AvgIpc) is 3.28. The lowest BCUT2D eigenvalue weighted by Gasteiger charge is -2.29. The third-order valence-corrected chi connectivity index (χ3v) is 7.00. The van der Waals surface area contributed by atoms with Gasteiger partial charge in [0.25, 0.3) is 5.91 Å². The summed E-state index contributed by atoms with van der Waals surface area (Å²) in [6, 6.07) is 10.3. The maximum absolute atomic E-state index is 13.5. The first kappa shape index (κ1) is 22.7. The Kier molecular flexibility index (Phi) is 7.05. The van der Waals surface area contributed by atoms with Gasteiger partial charge in [-0.3, -0.25) is 14.6 Å². The molecule has 1 saturated heterocycles. The smallest absolute Gasteiger partial charge is 0.337 e. The SMILES string of the molecule is COC(=O)c1ccc(C(=O)N(CCN2CCOCC2)c2nc3c(C)ccc(Cl)c3s2)cc1. The average molecular weight is 474 g/mol. The van der Waals surface area contributed by atoms with Crippen LogP contribution in [0.3, 0.4) is 0 Å². The summed E-state index contributed by atoms with van der Waals surface area (Å²) in [6.07, 6.45) is 0. The number of morpholine rings is 1. The number of hydrogen-bond donors (Lipinski definition) is 0. The molecule has 2 heterocycles. The molecule has 32 heavy (non-hydrogen) atoms. The number of esters is 1. The minimum atomic E-state index is -0.440. The number of aryl methyl sites for hydroxylation is 1. The van der Waals surface area contributed by atoms with Crippen molar-refractivity contribution in [2.75, 3.05) is 51.4 Å².